The molecule has 0 radical (unpaired) electrons. The Balaban J connectivity index is 2.35. The third-order valence-corrected chi connectivity index (χ3v) is 4.23. The molecule has 0 aliphatic carbocycles. The van der Waals surface area contributed by atoms with Crippen LogP contribution >= 0.6 is 11.5 Å². The molecule has 0 saturated carbocycles. The summed E-state index contributed by atoms with van der Waals surface area (Å²) in [6.07, 6.45) is 1.23. The zero-order valence-electron chi connectivity index (χ0n) is 9.32. The number of aromatic nitrogens is 1. The first-order chi connectivity index (χ1) is 6.66. The van der Waals surface area contributed by atoms with Gasteiger partial charge in [-0.25, -0.2) is 0 Å². The SMILES string of the molecule is CCC(C)C1c2csnc2C(C)N1C. The molecule has 1 aromatic rings. The highest BCUT2D eigenvalue weighted by Gasteiger charge is 2.37. The van der Waals surface area contributed by atoms with Gasteiger partial charge in [-0.15, -0.1) is 0 Å². The molecule has 0 amide bonds. The largest absolute Gasteiger partial charge is 0.291 e. The predicted octanol–water partition coefficient (Wildman–Crippen LogP) is 3.24. The van der Waals surface area contributed by atoms with Gasteiger partial charge in [-0.05, 0) is 31.4 Å². The summed E-state index contributed by atoms with van der Waals surface area (Å²) in [5.74, 6) is 0.722. The second-order valence-electron chi connectivity index (χ2n) is 4.33. The quantitative estimate of drug-likeness (QED) is 0.745. The normalized spacial score (nSPS) is 29.1. The van der Waals surface area contributed by atoms with Gasteiger partial charge in [0.05, 0.1) is 11.7 Å². The molecule has 0 fully saturated rings. The van der Waals surface area contributed by atoms with Gasteiger partial charge in [0.2, 0.25) is 0 Å². The van der Waals surface area contributed by atoms with Crippen LogP contribution in [0.15, 0.2) is 5.38 Å². The Morgan fingerprint density at radius 2 is 2.36 bits per heavy atom. The standard InChI is InChI=1S/C11H18N2S/c1-5-7(2)11-9-6-14-12-10(9)8(3)13(11)4/h6-8,11H,5H2,1-4H3. The van der Waals surface area contributed by atoms with Crippen LogP contribution in [-0.2, 0) is 0 Å². The molecule has 3 atom stereocenters. The molecule has 3 heteroatoms. The van der Waals surface area contributed by atoms with E-state index in [1.54, 1.807) is 11.5 Å². The highest BCUT2D eigenvalue weighted by Crippen LogP contribution is 2.45. The Morgan fingerprint density at radius 1 is 1.64 bits per heavy atom. The summed E-state index contributed by atoms with van der Waals surface area (Å²) in [4.78, 5) is 2.46. The Bertz CT molecular complexity index is 321. The van der Waals surface area contributed by atoms with Gasteiger partial charge in [0.1, 0.15) is 0 Å². The molecule has 2 rings (SSSR count). The number of fused-ring (bicyclic) bond motifs is 1. The molecule has 0 spiro atoms. The van der Waals surface area contributed by atoms with Gasteiger partial charge in [0.25, 0.3) is 0 Å². The predicted molar refractivity (Wildman–Crippen MR) is 60.5 cm³/mol. The molecule has 78 valence electrons. The van der Waals surface area contributed by atoms with Gasteiger partial charge >= 0.3 is 0 Å². The Morgan fingerprint density at radius 3 is 3.00 bits per heavy atom. The number of hydrogen-bond acceptors (Lipinski definition) is 3. The Labute approximate surface area is 90.1 Å². The molecule has 0 N–H and O–H groups in total. The van der Waals surface area contributed by atoms with Crippen LogP contribution in [0.25, 0.3) is 0 Å². The third-order valence-electron chi connectivity index (χ3n) is 3.57. The van der Waals surface area contributed by atoms with Crippen LogP contribution < -0.4 is 0 Å². The minimum atomic E-state index is 0.496. The second-order valence-corrected chi connectivity index (χ2v) is 4.96. The van der Waals surface area contributed by atoms with Crippen LogP contribution in [0, 0.1) is 5.92 Å². The fraction of sp³-hybridized carbons (Fsp3) is 0.727. The molecule has 3 unspecified atom stereocenters. The molecule has 1 aromatic heterocycles. The monoisotopic (exact) mass is 210 g/mol. The van der Waals surface area contributed by atoms with E-state index in [-0.39, 0.29) is 0 Å². The maximum atomic E-state index is 4.50. The lowest BCUT2D eigenvalue weighted by atomic mass is 9.95. The summed E-state index contributed by atoms with van der Waals surface area (Å²) in [5, 5.41) is 2.23. The van der Waals surface area contributed by atoms with Crippen molar-refractivity contribution in [2.24, 2.45) is 5.92 Å². The Hall–Kier alpha value is -0.410. The van der Waals surface area contributed by atoms with Crippen molar-refractivity contribution in [1.82, 2.24) is 9.27 Å². The van der Waals surface area contributed by atoms with Crippen LogP contribution in [0.2, 0.25) is 0 Å². The zero-order chi connectivity index (χ0) is 10.3. The summed E-state index contributed by atoms with van der Waals surface area (Å²) in [6, 6.07) is 1.08. The van der Waals surface area contributed by atoms with E-state index in [9.17, 15) is 0 Å². The maximum absolute atomic E-state index is 4.50. The van der Waals surface area contributed by atoms with E-state index in [2.05, 4.69) is 42.5 Å². The second kappa shape index (κ2) is 3.63. The minimum Gasteiger partial charge on any atom is -0.291 e. The molecule has 0 saturated heterocycles. The molecule has 0 bridgehead atoms. The molecule has 0 aromatic carbocycles. The van der Waals surface area contributed by atoms with Crippen molar-refractivity contribution in [2.75, 3.05) is 7.05 Å². The molecule has 2 nitrogen and oxygen atoms in total. The smallest absolute Gasteiger partial charge is 0.0759 e. The Kier molecular flexibility index (Phi) is 2.62. The van der Waals surface area contributed by atoms with Crippen molar-refractivity contribution in [1.29, 1.82) is 0 Å². The third kappa shape index (κ3) is 1.30. The number of hydrogen-bond donors (Lipinski definition) is 0. The first kappa shape index (κ1) is 10.1. The molecular weight excluding hydrogens is 192 g/mol. The maximum Gasteiger partial charge on any atom is 0.0759 e. The highest BCUT2D eigenvalue weighted by molar-refractivity contribution is 7.03. The van der Waals surface area contributed by atoms with Crippen molar-refractivity contribution < 1.29 is 0 Å². The molecule has 1 aliphatic rings. The van der Waals surface area contributed by atoms with Crippen LogP contribution in [0.3, 0.4) is 0 Å². The van der Waals surface area contributed by atoms with Crippen LogP contribution in [0.1, 0.15) is 50.5 Å². The van der Waals surface area contributed by atoms with Crippen molar-refractivity contribution >= 4 is 11.5 Å². The van der Waals surface area contributed by atoms with E-state index in [1.165, 1.54) is 17.7 Å². The first-order valence-corrected chi connectivity index (χ1v) is 6.16. The summed E-state index contributed by atoms with van der Waals surface area (Å²) in [5.41, 5.74) is 2.78. The van der Waals surface area contributed by atoms with Crippen molar-refractivity contribution in [2.45, 2.75) is 39.3 Å². The van der Waals surface area contributed by atoms with E-state index >= 15 is 0 Å². The highest BCUT2D eigenvalue weighted by atomic mass is 32.1. The summed E-state index contributed by atoms with van der Waals surface area (Å²) in [7, 11) is 2.22. The summed E-state index contributed by atoms with van der Waals surface area (Å²) < 4.78 is 4.50. The van der Waals surface area contributed by atoms with Gasteiger partial charge < -0.3 is 0 Å². The lowest BCUT2D eigenvalue weighted by Gasteiger charge is -2.28. The van der Waals surface area contributed by atoms with Crippen LogP contribution in [0.4, 0.5) is 0 Å². The fourth-order valence-corrected chi connectivity index (χ4v) is 3.17. The van der Waals surface area contributed by atoms with Crippen molar-refractivity contribution in [3.63, 3.8) is 0 Å². The lowest BCUT2D eigenvalue weighted by Crippen LogP contribution is -2.24. The minimum absolute atomic E-state index is 0.496. The van der Waals surface area contributed by atoms with Gasteiger partial charge in [-0.1, -0.05) is 20.3 Å². The van der Waals surface area contributed by atoms with E-state index < -0.39 is 0 Å². The molecule has 14 heavy (non-hydrogen) atoms. The number of nitrogens with zero attached hydrogens (tertiary/aromatic N) is 2. The van der Waals surface area contributed by atoms with E-state index in [0.29, 0.717) is 12.1 Å². The molecule has 1 aliphatic heterocycles. The van der Waals surface area contributed by atoms with Gasteiger partial charge in [0, 0.05) is 17.0 Å². The zero-order valence-corrected chi connectivity index (χ0v) is 10.1. The van der Waals surface area contributed by atoms with E-state index in [1.807, 2.05) is 0 Å². The molecular formula is C11H18N2S. The van der Waals surface area contributed by atoms with E-state index in [4.69, 9.17) is 0 Å². The summed E-state index contributed by atoms with van der Waals surface area (Å²) >= 11 is 1.60. The van der Waals surface area contributed by atoms with E-state index in [0.717, 1.165) is 5.92 Å². The summed E-state index contributed by atoms with van der Waals surface area (Å²) in [6.45, 7) is 6.85. The topological polar surface area (TPSA) is 16.1 Å². The van der Waals surface area contributed by atoms with Crippen molar-refractivity contribution in [3.8, 4) is 0 Å². The lowest BCUT2D eigenvalue weighted by molar-refractivity contribution is 0.164. The van der Waals surface area contributed by atoms with Crippen LogP contribution in [0.5, 0.6) is 0 Å². The van der Waals surface area contributed by atoms with Crippen LogP contribution in [-0.4, -0.2) is 16.3 Å². The average Bonchev–Trinajstić information content (AvgIpc) is 2.72. The fourth-order valence-electron chi connectivity index (χ4n) is 2.38. The van der Waals surface area contributed by atoms with Gasteiger partial charge in [-0.2, -0.15) is 4.37 Å². The van der Waals surface area contributed by atoms with Gasteiger partial charge in [0.15, 0.2) is 0 Å². The molecule has 2 heterocycles. The van der Waals surface area contributed by atoms with Crippen molar-refractivity contribution in [3.05, 3.63) is 16.6 Å². The van der Waals surface area contributed by atoms with Gasteiger partial charge in [-0.3, -0.25) is 4.90 Å². The number of rotatable bonds is 2. The average molecular weight is 210 g/mol. The first-order valence-electron chi connectivity index (χ1n) is 5.32.